The Balaban J connectivity index is 2.01. The Morgan fingerprint density at radius 3 is 2.43 bits per heavy atom. The Kier molecular flexibility index (Phi) is 4.00. The maximum Gasteiger partial charge on any atom is 0.337 e. The molecule has 116 valence electrons. The number of carbonyl (C=O) groups excluding carboxylic acids is 2. The first kappa shape index (κ1) is 15.8. The summed E-state index contributed by atoms with van der Waals surface area (Å²) >= 11 is 0. The van der Waals surface area contributed by atoms with E-state index in [4.69, 9.17) is 9.47 Å². The lowest BCUT2D eigenvalue weighted by Crippen LogP contribution is -2.38. The van der Waals surface area contributed by atoms with Gasteiger partial charge in [0.15, 0.2) is 0 Å². The molecule has 3 atom stereocenters. The van der Waals surface area contributed by atoms with Crippen LogP contribution in [0.2, 0.25) is 0 Å². The van der Waals surface area contributed by atoms with E-state index in [-0.39, 0.29) is 22.5 Å². The Morgan fingerprint density at radius 2 is 1.95 bits per heavy atom. The van der Waals surface area contributed by atoms with Gasteiger partial charge in [-0.1, -0.05) is 27.4 Å². The lowest BCUT2D eigenvalue weighted by Gasteiger charge is -2.38. The Morgan fingerprint density at radius 1 is 1.29 bits per heavy atom. The molecule has 0 radical (unpaired) electrons. The van der Waals surface area contributed by atoms with Crippen molar-refractivity contribution in [3.8, 4) is 0 Å². The predicted molar refractivity (Wildman–Crippen MR) is 79.2 cm³/mol. The van der Waals surface area contributed by atoms with Crippen LogP contribution in [-0.2, 0) is 19.1 Å². The lowest BCUT2D eigenvalue weighted by molar-refractivity contribution is -0.152. The van der Waals surface area contributed by atoms with E-state index in [2.05, 4.69) is 27.4 Å². The second kappa shape index (κ2) is 5.32. The predicted octanol–water partition coefficient (Wildman–Crippen LogP) is 3.38. The zero-order valence-electron chi connectivity index (χ0n) is 13.3. The van der Waals surface area contributed by atoms with Gasteiger partial charge in [0.2, 0.25) is 0 Å². The van der Waals surface area contributed by atoms with Crippen molar-refractivity contribution in [3.63, 3.8) is 0 Å². The van der Waals surface area contributed by atoms with E-state index >= 15 is 0 Å². The SMILES string of the molecule is C=CC(=O)OC=C(C)C(=O)OC1C[C@H]2CC[C@@]1(C)C2(C)C. The molecule has 0 aromatic rings. The minimum absolute atomic E-state index is 0.0331. The van der Waals surface area contributed by atoms with Crippen molar-refractivity contribution in [1.29, 1.82) is 0 Å². The minimum Gasteiger partial charge on any atom is -0.458 e. The standard InChI is InChI=1S/C17H24O4/c1-6-14(18)20-10-11(2)15(19)21-13-9-12-7-8-17(13,5)16(12,3)4/h6,10,12-13H,1,7-9H2,2-5H3/t12-,13?,17-/m1/s1. The fourth-order valence-electron chi connectivity index (χ4n) is 3.77. The summed E-state index contributed by atoms with van der Waals surface area (Å²) in [5.41, 5.74) is 0.519. The molecule has 0 heterocycles. The van der Waals surface area contributed by atoms with Gasteiger partial charge in [-0.25, -0.2) is 9.59 Å². The molecule has 0 aromatic heterocycles. The summed E-state index contributed by atoms with van der Waals surface area (Å²) < 4.78 is 10.4. The monoisotopic (exact) mass is 292 g/mol. The summed E-state index contributed by atoms with van der Waals surface area (Å²) in [5.74, 6) is -0.389. The highest BCUT2D eigenvalue weighted by Crippen LogP contribution is 2.66. The molecule has 4 heteroatoms. The number of hydrogen-bond acceptors (Lipinski definition) is 4. The maximum atomic E-state index is 12.1. The summed E-state index contributed by atoms with van der Waals surface area (Å²) in [7, 11) is 0. The molecule has 2 aliphatic rings. The fourth-order valence-corrected chi connectivity index (χ4v) is 3.77. The van der Waals surface area contributed by atoms with Crippen LogP contribution in [0.3, 0.4) is 0 Å². The van der Waals surface area contributed by atoms with Gasteiger partial charge in [-0.3, -0.25) is 0 Å². The second-order valence-corrected chi connectivity index (χ2v) is 6.95. The second-order valence-electron chi connectivity index (χ2n) is 6.95. The van der Waals surface area contributed by atoms with Gasteiger partial charge < -0.3 is 9.47 Å². The Hall–Kier alpha value is -1.58. The van der Waals surface area contributed by atoms with Gasteiger partial charge in [-0.05, 0) is 37.5 Å². The van der Waals surface area contributed by atoms with Crippen LogP contribution in [0, 0.1) is 16.7 Å². The van der Waals surface area contributed by atoms with Gasteiger partial charge in [-0.15, -0.1) is 0 Å². The zero-order chi connectivity index (χ0) is 15.8. The molecule has 2 aliphatic carbocycles. The number of fused-ring (bicyclic) bond motifs is 2. The molecule has 0 amide bonds. The number of esters is 2. The van der Waals surface area contributed by atoms with Crippen molar-refractivity contribution >= 4 is 11.9 Å². The van der Waals surface area contributed by atoms with E-state index < -0.39 is 11.9 Å². The van der Waals surface area contributed by atoms with Crippen LogP contribution in [0.1, 0.15) is 47.0 Å². The van der Waals surface area contributed by atoms with Crippen molar-refractivity contribution in [1.82, 2.24) is 0 Å². The van der Waals surface area contributed by atoms with Crippen LogP contribution in [0.15, 0.2) is 24.5 Å². The summed E-state index contributed by atoms with van der Waals surface area (Å²) in [5, 5.41) is 0. The molecule has 0 aliphatic heterocycles. The van der Waals surface area contributed by atoms with E-state index in [9.17, 15) is 9.59 Å². The quantitative estimate of drug-likeness (QED) is 0.453. The molecule has 1 unspecified atom stereocenters. The average Bonchev–Trinajstić information content (AvgIpc) is 2.77. The van der Waals surface area contributed by atoms with Crippen LogP contribution in [0.5, 0.6) is 0 Å². The third kappa shape index (κ3) is 2.52. The van der Waals surface area contributed by atoms with Gasteiger partial charge in [0.1, 0.15) is 12.4 Å². The molecule has 2 fully saturated rings. The smallest absolute Gasteiger partial charge is 0.337 e. The molecule has 2 rings (SSSR count). The Bertz CT molecular complexity index is 503. The largest absolute Gasteiger partial charge is 0.458 e. The molecule has 0 spiro atoms. The van der Waals surface area contributed by atoms with Gasteiger partial charge in [-0.2, -0.15) is 0 Å². The van der Waals surface area contributed by atoms with Gasteiger partial charge in [0.25, 0.3) is 0 Å². The van der Waals surface area contributed by atoms with Crippen molar-refractivity contribution in [2.75, 3.05) is 0 Å². The van der Waals surface area contributed by atoms with Crippen LogP contribution < -0.4 is 0 Å². The number of rotatable bonds is 4. The van der Waals surface area contributed by atoms with Crippen molar-refractivity contribution in [2.24, 2.45) is 16.7 Å². The highest BCUT2D eigenvalue weighted by molar-refractivity contribution is 5.88. The van der Waals surface area contributed by atoms with Crippen LogP contribution in [0.4, 0.5) is 0 Å². The van der Waals surface area contributed by atoms with Crippen molar-refractivity contribution < 1.29 is 19.1 Å². The third-order valence-corrected chi connectivity index (χ3v) is 5.80. The van der Waals surface area contributed by atoms with Crippen LogP contribution >= 0.6 is 0 Å². The summed E-state index contributed by atoms with van der Waals surface area (Å²) in [4.78, 5) is 23.1. The highest BCUT2D eigenvalue weighted by atomic mass is 16.6. The summed E-state index contributed by atoms with van der Waals surface area (Å²) in [6, 6.07) is 0. The normalized spacial score (nSPS) is 33.6. The molecule has 2 bridgehead atoms. The molecule has 4 nitrogen and oxygen atoms in total. The van der Waals surface area contributed by atoms with Gasteiger partial charge in [0, 0.05) is 11.5 Å². The molecule has 2 saturated carbocycles. The highest BCUT2D eigenvalue weighted by Gasteiger charge is 2.62. The topological polar surface area (TPSA) is 52.6 Å². The van der Waals surface area contributed by atoms with Crippen LogP contribution in [-0.4, -0.2) is 18.0 Å². The van der Waals surface area contributed by atoms with Gasteiger partial charge in [0.05, 0.1) is 5.57 Å². The van der Waals surface area contributed by atoms with E-state index in [1.54, 1.807) is 6.92 Å². The lowest BCUT2D eigenvalue weighted by atomic mass is 9.70. The maximum absolute atomic E-state index is 12.1. The van der Waals surface area contributed by atoms with E-state index in [1.165, 1.54) is 6.42 Å². The third-order valence-electron chi connectivity index (χ3n) is 5.80. The molecular weight excluding hydrogens is 268 g/mol. The van der Waals surface area contributed by atoms with E-state index in [0.717, 1.165) is 25.2 Å². The number of carbonyl (C=O) groups is 2. The summed E-state index contributed by atoms with van der Waals surface area (Å²) in [6.45, 7) is 11.6. The molecule has 0 N–H and O–H groups in total. The van der Waals surface area contributed by atoms with E-state index in [1.807, 2.05) is 0 Å². The average molecular weight is 292 g/mol. The molecular formula is C17H24O4. The van der Waals surface area contributed by atoms with Gasteiger partial charge >= 0.3 is 11.9 Å². The summed E-state index contributed by atoms with van der Waals surface area (Å²) in [6.07, 6.45) is 5.36. The fraction of sp³-hybridized carbons (Fsp3) is 0.647. The molecule has 21 heavy (non-hydrogen) atoms. The van der Waals surface area contributed by atoms with E-state index in [0.29, 0.717) is 5.92 Å². The van der Waals surface area contributed by atoms with Crippen molar-refractivity contribution in [2.45, 2.75) is 53.1 Å². The minimum atomic E-state index is -0.588. The number of hydrogen-bond donors (Lipinski definition) is 0. The van der Waals surface area contributed by atoms with Crippen LogP contribution in [0.25, 0.3) is 0 Å². The number of ether oxygens (including phenoxy) is 2. The molecule has 0 aromatic carbocycles. The molecule has 0 saturated heterocycles. The first-order chi connectivity index (χ1) is 9.72. The Labute approximate surface area is 126 Å². The first-order valence-electron chi connectivity index (χ1n) is 7.43. The zero-order valence-corrected chi connectivity index (χ0v) is 13.3. The van der Waals surface area contributed by atoms with Crippen molar-refractivity contribution in [3.05, 3.63) is 24.5 Å². The first-order valence-corrected chi connectivity index (χ1v) is 7.43.